The van der Waals surface area contributed by atoms with Gasteiger partial charge < -0.3 is 9.64 Å². The van der Waals surface area contributed by atoms with Gasteiger partial charge in [0.1, 0.15) is 5.75 Å². The number of carbonyl (C=O) groups excluding carboxylic acids is 1. The Morgan fingerprint density at radius 2 is 2.00 bits per heavy atom. The number of hydrogen-bond acceptors (Lipinski definition) is 5. The lowest BCUT2D eigenvalue weighted by Gasteiger charge is -2.37. The number of aryl methyl sites for hydroxylation is 2. The van der Waals surface area contributed by atoms with Crippen molar-refractivity contribution in [1.82, 2.24) is 20.0 Å². The number of H-pyrrole nitrogens is 1. The Morgan fingerprint density at radius 1 is 1.06 bits per heavy atom. The van der Waals surface area contributed by atoms with Crippen molar-refractivity contribution >= 4 is 5.91 Å². The molecule has 2 aromatic rings. The number of aromatic nitrogens is 2. The Morgan fingerprint density at radius 3 is 2.88 bits per heavy atom. The molecular weight excluding hydrogens is 404 g/mol. The Hall–Kier alpha value is -2.67. The molecule has 0 spiro atoms. The predicted octanol–water partition coefficient (Wildman–Crippen LogP) is 2.80. The van der Waals surface area contributed by atoms with Crippen LogP contribution in [0.5, 0.6) is 5.75 Å². The first kappa shape index (κ1) is 22.5. The van der Waals surface area contributed by atoms with Crippen LogP contribution in [0.4, 0.5) is 0 Å². The molecule has 1 amide bonds. The lowest BCUT2D eigenvalue weighted by molar-refractivity contribution is -0.131. The maximum Gasteiger partial charge on any atom is 0.264 e. The predicted molar refractivity (Wildman–Crippen MR) is 124 cm³/mol. The smallest absolute Gasteiger partial charge is 0.264 e. The molecule has 3 heterocycles. The summed E-state index contributed by atoms with van der Waals surface area (Å²) in [5, 5.41) is 6.47. The van der Waals surface area contributed by atoms with Crippen LogP contribution in [-0.4, -0.2) is 64.7 Å². The summed E-state index contributed by atoms with van der Waals surface area (Å²) in [6.07, 6.45) is 7.71. The average molecular weight is 439 g/mol. The van der Waals surface area contributed by atoms with Gasteiger partial charge >= 0.3 is 0 Å². The fraction of sp³-hybridized carbons (Fsp3) is 0.560. The molecule has 172 valence electrons. The molecule has 1 aromatic heterocycles. The van der Waals surface area contributed by atoms with Gasteiger partial charge in [-0.15, -0.1) is 0 Å². The Balaban J connectivity index is 1.42. The molecule has 7 heteroatoms. The highest BCUT2D eigenvalue weighted by Crippen LogP contribution is 2.23. The van der Waals surface area contributed by atoms with Crippen LogP contribution in [0, 0.1) is 0 Å². The van der Waals surface area contributed by atoms with Gasteiger partial charge in [0.05, 0.1) is 12.3 Å². The van der Waals surface area contributed by atoms with Gasteiger partial charge in [0, 0.05) is 44.6 Å². The summed E-state index contributed by atoms with van der Waals surface area (Å²) in [6, 6.07) is 12.2. The van der Waals surface area contributed by atoms with E-state index in [4.69, 9.17) is 4.74 Å². The molecule has 4 rings (SSSR count). The van der Waals surface area contributed by atoms with E-state index >= 15 is 0 Å². The minimum absolute atomic E-state index is 0.139. The monoisotopic (exact) mass is 438 g/mol. The number of ether oxygens (including phenoxy) is 1. The normalized spacial score (nSPS) is 20.6. The highest BCUT2D eigenvalue weighted by molar-refractivity contribution is 5.76. The van der Waals surface area contributed by atoms with Crippen LogP contribution in [0.25, 0.3) is 0 Å². The number of hydrogen-bond donors (Lipinski definition) is 1. The number of benzene rings is 1. The SMILES string of the molecule is O=C(CCc1ccc(=O)[nH]n1)N1CCCOc2cccc(c2)CCC2CCCCN2CC1. The largest absolute Gasteiger partial charge is 0.494 e. The van der Waals surface area contributed by atoms with Crippen molar-refractivity contribution in [1.29, 1.82) is 0 Å². The minimum atomic E-state index is -0.225. The highest BCUT2D eigenvalue weighted by Gasteiger charge is 2.24. The maximum absolute atomic E-state index is 13.0. The zero-order valence-corrected chi connectivity index (χ0v) is 18.8. The summed E-state index contributed by atoms with van der Waals surface area (Å²) in [6.45, 7) is 4.09. The van der Waals surface area contributed by atoms with Crippen molar-refractivity contribution < 1.29 is 9.53 Å². The zero-order valence-electron chi connectivity index (χ0n) is 18.8. The van der Waals surface area contributed by atoms with Crippen molar-refractivity contribution in [3.63, 3.8) is 0 Å². The quantitative estimate of drug-likeness (QED) is 0.797. The molecule has 7 nitrogen and oxygen atoms in total. The second-order valence-corrected chi connectivity index (χ2v) is 8.87. The third-order valence-electron chi connectivity index (χ3n) is 6.60. The molecule has 1 N–H and O–H groups in total. The van der Waals surface area contributed by atoms with Crippen LogP contribution in [0.1, 0.15) is 49.8 Å². The molecule has 2 aliphatic rings. The second kappa shape index (κ2) is 11.3. The fourth-order valence-electron chi connectivity index (χ4n) is 4.77. The van der Waals surface area contributed by atoms with Gasteiger partial charge in [-0.25, -0.2) is 5.10 Å². The molecule has 0 radical (unpaired) electrons. The van der Waals surface area contributed by atoms with Crippen molar-refractivity contribution in [2.45, 2.75) is 57.4 Å². The van der Waals surface area contributed by atoms with E-state index < -0.39 is 0 Å². The van der Waals surface area contributed by atoms with Crippen molar-refractivity contribution in [2.75, 3.05) is 32.8 Å². The zero-order chi connectivity index (χ0) is 22.2. The van der Waals surface area contributed by atoms with Gasteiger partial charge in [-0.3, -0.25) is 14.5 Å². The molecule has 2 bridgehead atoms. The molecule has 2 aliphatic heterocycles. The van der Waals surface area contributed by atoms with E-state index in [1.54, 1.807) is 6.07 Å². The van der Waals surface area contributed by atoms with Gasteiger partial charge in [-0.1, -0.05) is 18.6 Å². The highest BCUT2D eigenvalue weighted by atomic mass is 16.5. The van der Waals surface area contributed by atoms with Crippen molar-refractivity contribution in [3.8, 4) is 5.75 Å². The van der Waals surface area contributed by atoms with Gasteiger partial charge in [0.2, 0.25) is 5.91 Å². The standard InChI is InChI=1S/C25H34N4O3/c30-24-12-9-21(26-27-24)10-13-25(31)29-15-4-18-32-23-7-3-5-20(19-23)8-11-22-6-1-2-14-28(22)16-17-29/h3,5,7,9,12,19,22H,1-2,4,6,8,10-11,13-18H2,(H,27,30). The number of carbonyl (C=O) groups is 1. The number of nitrogens with one attached hydrogen (secondary N) is 1. The average Bonchev–Trinajstić information content (AvgIpc) is 2.82. The first-order valence-electron chi connectivity index (χ1n) is 12.0. The van der Waals surface area contributed by atoms with Gasteiger partial charge in [-0.05, 0) is 62.4 Å². The van der Waals surface area contributed by atoms with Crippen LogP contribution in [0.15, 0.2) is 41.2 Å². The van der Waals surface area contributed by atoms with Crippen LogP contribution in [-0.2, 0) is 17.6 Å². The van der Waals surface area contributed by atoms with Gasteiger partial charge in [0.25, 0.3) is 5.56 Å². The third-order valence-corrected chi connectivity index (χ3v) is 6.60. The van der Waals surface area contributed by atoms with E-state index in [2.05, 4.69) is 33.3 Å². The number of aromatic amines is 1. The number of rotatable bonds is 3. The number of piperidine rings is 1. The van der Waals surface area contributed by atoms with Crippen molar-refractivity contribution in [3.05, 3.63) is 58.0 Å². The number of nitrogens with zero attached hydrogens (tertiary/aromatic N) is 3. The van der Waals surface area contributed by atoms with E-state index in [1.807, 2.05) is 11.0 Å². The summed E-state index contributed by atoms with van der Waals surface area (Å²) in [4.78, 5) is 28.8. The molecule has 0 aliphatic carbocycles. The molecular formula is C25H34N4O3. The number of fused-ring (bicyclic) bond motifs is 3. The Bertz CT molecular complexity index is 924. The summed E-state index contributed by atoms with van der Waals surface area (Å²) in [5.74, 6) is 1.06. The van der Waals surface area contributed by atoms with Crippen LogP contribution < -0.4 is 10.3 Å². The summed E-state index contributed by atoms with van der Waals surface area (Å²) < 4.78 is 5.97. The summed E-state index contributed by atoms with van der Waals surface area (Å²) >= 11 is 0. The first-order valence-corrected chi connectivity index (χ1v) is 12.0. The molecule has 1 atom stereocenters. The maximum atomic E-state index is 13.0. The van der Waals surface area contributed by atoms with Crippen molar-refractivity contribution in [2.24, 2.45) is 0 Å². The Kier molecular flexibility index (Phi) is 7.93. The van der Waals surface area contributed by atoms with E-state index in [-0.39, 0.29) is 11.5 Å². The molecule has 1 saturated heterocycles. The summed E-state index contributed by atoms with van der Waals surface area (Å²) in [7, 11) is 0. The molecule has 0 saturated carbocycles. The van der Waals surface area contributed by atoms with Crippen LogP contribution >= 0.6 is 0 Å². The topological polar surface area (TPSA) is 78.5 Å². The lowest BCUT2D eigenvalue weighted by Crippen LogP contribution is -2.45. The molecule has 32 heavy (non-hydrogen) atoms. The minimum Gasteiger partial charge on any atom is -0.494 e. The van der Waals surface area contributed by atoms with E-state index in [1.165, 1.54) is 30.9 Å². The van der Waals surface area contributed by atoms with E-state index in [0.29, 0.717) is 32.0 Å². The lowest BCUT2D eigenvalue weighted by atomic mass is 9.95. The first-order chi connectivity index (χ1) is 15.7. The summed E-state index contributed by atoms with van der Waals surface area (Å²) in [5.41, 5.74) is 1.86. The van der Waals surface area contributed by atoms with E-state index in [0.717, 1.165) is 50.3 Å². The number of amides is 1. The second-order valence-electron chi connectivity index (χ2n) is 8.87. The molecule has 1 fully saturated rings. The Labute approximate surface area is 189 Å². The fourth-order valence-corrected chi connectivity index (χ4v) is 4.77. The molecule has 1 unspecified atom stereocenters. The van der Waals surface area contributed by atoms with Crippen LogP contribution in [0.2, 0.25) is 0 Å². The third kappa shape index (κ3) is 6.42. The van der Waals surface area contributed by atoms with Crippen LogP contribution in [0.3, 0.4) is 0 Å². The molecule has 1 aromatic carbocycles. The van der Waals surface area contributed by atoms with Gasteiger partial charge in [0.15, 0.2) is 0 Å². The van der Waals surface area contributed by atoms with Gasteiger partial charge in [-0.2, -0.15) is 5.10 Å². The van der Waals surface area contributed by atoms with E-state index in [9.17, 15) is 9.59 Å².